The number of para-hydroxylation sites is 2. The molecule has 9 nitrogen and oxygen atoms in total. The second kappa shape index (κ2) is 10.4. The van der Waals surface area contributed by atoms with Gasteiger partial charge in [-0.1, -0.05) is 36.4 Å². The van der Waals surface area contributed by atoms with Crippen molar-refractivity contribution < 1.29 is 23.8 Å². The summed E-state index contributed by atoms with van der Waals surface area (Å²) in [7, 11) is 6.26. The molecule has 1 aliphatic heterocycles. The molecule has 9 heteroatoms. The number of aliphatic imine (C=N–C) groups is 1. The number of benzodiazepines with no additional fused rings is 1. The zero-order valence-electron chi connectivity index (χ0n) is 20.8. The van der Waals surface area contributed by atoms with Crippen molar-refractivity contribution in [2.75, 3.05) is 38.6 Å². The van der Waals surface area contributed by atoms with E-state index in [-0.39, 0.29) is 0 Å². The molecule has 0 aliphatic carbocycles. The number of hydrogen-bond donors (Lipinski definition) is 2. The van der Waals surface area contributed by atoms with Crippen molar-refractivity contribution in [1.82, 2.24) is 5.32 Å². The summed E-state index contributed by atoms with van der Waals surface area (Å²) in [4.78, 5) is 32.6. The second-order valence-corrected chi connectivity index (χ2v) is 8.11. The van der Waals surface area contributed by atoms with Gasteiger partial charge in [-0.25, -0.2) is 9.79 Å². The number of rotatable bonds is 6. The molecule has 0 bridgehead atoms. The fourth-order valence-corrected chi connectivity index (χ4v) is 4.05. The number of methoxy groups -OCH3 is 3. The molecule has 0 fully saturated rings. The maximum atomic E-state index is 13.4. The molecule has 0 aromatic heterocycles. The summed E-state index contributed by atoms with van der Waals surface area (Å²) in [5.41, 5.74) is 3.79. The van der Waals surface area contributed by atoms with Gasteiger partial charge in [-0.2, -0.15) is 0 Å². The first-order valence-corrected chi connectivity index (χ1v) is 11.3. The number of amides is 3. The minimum absolute atomic E-state index is 0.399. The van der Waals surface area contributed by atoms with Crippen molar-refractivity contribution in [3.8, 4) is 17.2 Å². The van der Waals surface area contributed by atoms with E-state index in [0.717, 1.165) is 5.56 Å². The first-order chi connectivity index (χ1) is 17.4. The minimum atomic E-state index is -1.21. The van der Waals surface area contributed by atoms with Gasteiger partial charge >= 0.3 is 6.03 Å². The number of nitrogens with zero attached hydrogens (tertiary/aromatic N) is 2. The third-order valence-corrected chi connectivity index (χ3v) is 5.96. The molecule has 2 N–H and O–H groups in total. The van der Waals surface area contributed by atoms with Crippen LogP contribution in [0.4, 0.5) is 16.2 Å². The van der Waals surface area contributed by atoms with Crippen LogP contribution in [0.5, 0.6) is 17.2 Å². The molecule has 0 saturated heterocycles. The summed E-state index contributed by atoms with van der Waals surface area (Å²) in [6, 6.07) is 17.6. The third kappa shape index (κ3) is 4.68. The van der Waals surface area contributed by atoms with Gasteiger partial charge in [-0.3, -0.25) is 4.79 Å². The van der Waals surface area contributed by atoms with Gasteiger partial charge in [0.25, 0.3) is 5.91 Å². The number of hydrogen-bond acceptors (Lipinski definition) is 6. The van der Waals surface area contributed by atoms with Gasteiger partial charge in [0.1, 0.15) is 17.2 Å². The van der Waals surface area contributed by atoms with E-state index >= 15 is 0 Å². The Balaban J connectivity index is 1.83. The highest BCUT2D eigenvalue weighted by atomic mass is 16.5. The highest BCUT2D eigenvalue weighted by molar-refractivity contribution is 6.22. The van der Waals surface area contributed by atoms with Crippen molar-refractivity contribution >= 4 is 29.0 Å². The Bertz CT molecular complexity index is 1310. The Kier molecular flexibility index (Phi) is 7.10. The number of ether oxygens (including phenoxy) is 3. The molecule has 3 aromatic rings. The van der Waals surface area contributed by atoms with Gasteiger partial charge in [-0.15, -0.1) is 0 Å². The van der Waals surface area contributed by atoms with E-state index < -0.39 is 18.1 Å². The SMILES string of the molecule is COc1cc(OC)c(C2=NC(NC(=O)Nc3ccccc3C)C(=O)N(C)c3ccccc32)c(OC)c1. The molecule has 1 unspecified atom stereocenters. The van der Waals surface area contributed by atoms with Crippen LogP contribution in [0, 0.1) is 6.92 Å². The van der Waals surface area contributed by atoms with E-state index in [1.807, 2.05) is 49.4 Å². The average molecular weight is 489 g/mol. The lowest BCUT2D eigenvalue weighted by atomic mass is 9.98. The fraction of sp³-hybridized carbons (Fsp3) is 0.222. The Morgan fingerprint density at radius 2 is 1.58 bits per heavy atom. The molecule has 0 radical (unpaired) electrons. The van der Waals surface area contributed by atoms with Crippen molar-refractivity contribution in [3.63, 3.8) is 0 Å². The highest BCUT2D eigenvalue weighted by Crippen LogP contribution is 2.38. The molecular weight excluding hydrogens is 460 g/mol. The molecule has 0 saturated carbocycles. The van der Waals surface area contributed by atoms with E-state index in [1.165, 1.54) is 19.1 Å². The molecule has 1 atom stereocenters. The van der Waals surface area contributed by atoms with Gasteiger partial charge in [0.2, 0.25) is 6.17 Å². The lowest BCUT2D eigenvalue weighted by Crippen LogP contribution is -2.47. The van der Waals surface area contributed by atoms with Crippen LogP contribution < -0.4 is 29.7 Å². The molecule has 1 aliphatic rings. The standard InChI is InChI=1S/C27H28N4O5/c1-16-10-6-8-12-19(16)28-27(33)30-25-26(32)31(2)20-13-9-7-11-18(20)24(29-25)23-21(35-4)14-17(34-3)15-22(23)36-5/h6-15,25H,1-5H3,(H2,28,30,33). The van der Waals surface area contributed by atoms with Crippen LogP contribution in [0.1, 0.15) is 16.7 Å². The number of nitrogens with one attached hydrogen (secondary N) is 2. The normalized spacial score (nSPS) is 14.8. The topological polar surface area (TPSA) is 101 Å². The number of urea groups is 1. The van der Waals surface area contributed by atoms with Crippen LogP contribution in [-0.2, 0) is 4.79 Å². The van der Waals surface area contributed by atoms with E-state index in [0.29, 0.717) is 45.5 Å². The van der Waals surface area contributed by atoms with Crippen LogP contribution >= 0.6 is 0 Å². The van der Waals surface area contributed by atoms with Crippen molar-refractivity contribution in [2.45, 2.75) is 13.1 Å². The highest BCUT2D eigenvalue weighted by Gasteiger charge is 2.33. The van der Waals surface area contributed by atoms with Gasteiger partial charge in [0.05, 0.1) is 38.3 Å². The number of benzene rings is 3. The largest absolute Gasteiger partial charge is 0.496 e. The van der Waals surface area contributed by atoms with Gasteiger partial charge < -0.3 is 29.7 Å². The number of carbonyl (C=O) groups excluding carboxylic acids is 2. The lowest BCUT2D eigenvalue weighted by Gasteiger charge is -2.21. The molecular formula is C27H28N4O5. The number of aryl methyl sites for hydroxylation is 1. The van der Waals surface area contributed by atoms with Crippen molar-refractivity contribution in [3.05, 3.63) is 77.4 Å². The maximum absolute atomic E-state index is 13.4. The minimum Gasteiger partial charge on any atom is -0.496 e. The van der Waals surface area contributed by atoms with Crippen LogP contribution in [0.25, 0.3) is 0 Å². The summed E-state index contributed by atoms with van der Waals surface area (Å²) in [5, 5.41) is 5.51. The van der Waals surface area contributed by atoms with E-state index in [2.05, 4.69) is 10.6 Å². The summed E-state index contributed by atoms with van der Waals surface area (Å²) in [6.45, 7) is 1.88. The first kappa shape index (κ1) is 24.6. The Morgan fingerprint density at radius 3 is 2.22 bits per heavy atom. The third-order valence-electron chi connectivity index (χ3n) is 5.96. The van der Waals surface area contributed by atoms with Crippen LogP contribution in [0.3, 0.4) is 0 Å². The summed E-state index contributed by atoms with van der Waals surface area (Å²) in [6.07, 6.45) is -1.21. The average Bonchev–Trinajstić information content (AvgIpc) is 2.99. The first-order valence-electron chi connectivity index (χ1n) is 11.3. The molecule has 0 spiro atoms. The Morgan fingerprint density at radius 1 is 0.944 bits per heavy atom. The second-order valence-electron chi connectivity index (χ2n) is 8.11. The van der Waals surface area contributed by atoms with Gasteiger partial charge in [-0.05, 0) is 24.6 Å². The summed E-state index contributed by atoms with van der Waals surface area (Å²) < 4.78 is 16.7. The van der Waals surface area contributed by atoms with Gasteiger partial charge in [0.15, 0.2) is 0 Å². The fourth-order valence-electron chi connectivity index (χ4n) is 4.05. The quantitative estimate of drug-likeness (QED) is 0.547. The zero-order valence-corrected chi connectivity index (χ0v) is 20.8. The van der Waals surface area contributed by atoms with E-state index in [9.17, 15) is 9.59 Å². The predicted octanol–water partition coefficient (Wildman–Crippen LogP) is 3.98. The van der Waals surface area contributed by atoms with Crippen molar-refractivity contribution in [2.24, 2.45) is 4.99 Å². The number of fused-ring (bicyclic) bond motifs is 1. The lowest BCUT2D eigenvalue weighted by molar-refractivity contribution is -0.119. The maximum Gasteiger partial charge on any atom is 0.321 e. The molecule has 36 heavy (non-hydrogen) atoms. The van der Waals surface area contributed by atoms with Crippen molar-refractivity contribution in [1.29, 1.82) is 0 Å². The Labute approximate surface area is 209 Å². The molecule has 186 valence electrons. The predicted molar refractivity (Wildman–Crippen MR) is 139 cm³/mol. The Hall–Kier alpha value is -4.53. The summed E-state index contributed by atoms with van der Waals surface area (Å²) in [5.74, 6) is 1.03. The van der Waals surface area contributed by atoms with E-state index in [1.54, 1.807) is 32.4 Å². The van der Waals surface area contributed by atoms with Crippen LogP contribution in [0.15, 0.2) is 65.7 Å². The smallest absolute Gasteiger partial charge is 0.321 e. The van der Waals surface area contributed by atoms with Gasteiger partial charge in [0, 0.05) is 30.4 Å². The monoisotopic (exact) mass is 488 g/mol. The number of anilines is 2. The van der Waals surface area contributed by atoms with Crippen LogP contribution in [0.2, 0.25) is 0 Å². The molecule has 3 amide bonds. The van der Waals surface area contributed by atoms with E-state index in [4.69, 9.17) is 19.2 Å². The molecule has 3 aromatic carbocycles. The number of likely N-dealkylation sites (N-methyl/N-ethyl adjacent to an activating group) is 1. The summed E-state index contributed by atoms with van der Waals surface area (Å²) >= 11 is 0. The van der Waals surface area contributed by atoms with Crippen LogP contribution in [-0.4, -0.2) is 52.2 Å². The molecule has 1 heterocycles. The number of carbonyl (C=O) groups is 2. The molecule has 4 rings (SSSR count). The zero-order chi connectivity index (χ0) is 25.8.